The van der Waals surface area contributed by atoms with Gasteiger partial charge in [-0.1, -0.05) is 0 Å². The van der Waals surface area contributed by atoms with Crippen LogP contribution in [0.3, 0.4) is 0 Å². The number of hydrogen-bond donors (Lipinski definition) is 1. The zero-order chi connectivity index (χ0) is 8.69. The van der Waals surface area contributed by atoms with Gasteiger partial charge in [0.1, 0.15) is 0 Å². The number of rotatable bonds is 6. The Hall–Kier alpha value is -0.180. The first-order chi connectivity index (χ1) is 5.20. The van der Waals surface area contributed by atoms with E-state index < -0.39 is 11.5 Å². The van der Waals surface area contributed by atoms with Gasteiger partial charge >= 0.3 is 71.2 Å². The van der Waals surface area contributed by atoms with Gasteiger partial charge in [-0.3, -0.25) is 0 Å². The number of alkyl halides is 2. The van der Waals surface area contributed by atoms with Crippen molar-refractivity contribution in [2.75, 3.05) is 6.61 Å². The summed E-state index contributed by atoms with van der Waals surface area (Å²) in [5.74, 6) is 0. The van der Waals surface area contributed by atoms with E-state index in [1.54, 1.807) is 0 Å². The molecular weight excluding hydrogens is 166 g/mol. The summed E-state index contributed by atoms with van der Waals surface area (Å²) in [6.07, 6.45) is -0.437. The monoisotopic (exact) mass is 175 g/mol. The molecule has 0 aromatic rings. The number of halogens is 2. The van der Waals surface area contributed by atoms with Gasteiger partial charge in [-0.2, -0.15) is 0 Å². The number of nitrogens with one attached hydrogen (secondary N) is 1. The van der Waals surface area contributed by atoms with E-state index in [1.165, 1.54) is 7.00 Å². The minimum atomic E-state index is -1.27. The fraction of sp³-hybridized carbons (Fsp3) is 0.800. The molecule has 2 nitrogen and oxygen atoms in total. The van der Waals surface area contributed by atoms with E-state index in [0.717, 1.165) is 6.21 Å². The summed E-state index contributed by atoms with van der Waals surface area (Å²) in [7, 11) is 4.57. The molecule has 1 N–H and O–H groups in total. The first kappa shape index (κ1) is 10.8. The summed E-state index contributed by atoms with van der Waals surface area (Å²) in [4.78, 5) is 0. The summed E-state index contributed by atoms with van der Waals surface area (Å²) in [6, 6.07) is 0. The van der Waals surface area contributed by atoms with Crippen LogP contribution in [0.15, 0.2) is 0 Å². The van der Waals surface area contributed by atoms with Crippen LogP contribution < -0.4 is 0 Å². The second kappa shape index (κ2) is 6.53. The van der Waals surface area contributed by atoms with Crippen LogP contribution in [-0.4, -0.2) is 38.7 Å². The normalized spacial score (nSPS) is 14.6. The van der Waals surface area contributed by atoms with Crippen LogP contribution in [0.2, 0.25) is 0 Å². The Morgan fingerprint density at radius 3 is 2.91 bits per heavy atom. The Labute approximate surface area is 71.9 Å². The molecule has 0 spiro atoms. The van der Waals surface area contributed by atoms with Gasteiger partial charge in [0.05, 0.1) is 0 Å². The molecule has 0 aromatic carbocycles. The van der Waals surface area contributed by atoms with Gasteiger partial charge in [-0.25, -0.2) is 0 Å². The van der Waals surface area contributed by atoms with E-state index in [-0.39, 0.29) is 13.0 Å². The van der Waals surface area contributed by atoms with Crippen molar-refractivity contribution in [3.8, 4) is 0 Å². The van der Waals surface area contributed by atoms with E-state index >= 15 is 0 Å². The molecule has 0 aliphatic rings. The molecule has 2 atom stereocenters. The summed E-state index contributed by atoms with van der Waals surface area (Å²) in [5, 5.41) is 6.16. The molecule has 0 saturated carbocycles. The quantitative estimate of drug-likeness (QED) is 0.354. The third-order valence-corrected chi connectivity index (χ3v) is 1.36. The van der Waals surface area contributed by atoms with Gasteiger partial charge in [-0.05, 0) is 0 Å². The standard InChI is InChI=1S/C5H9B2ClFNO/c6-7-11-3-4(8)1-5(9)2-10/h2,4-6,10H,1,3H2/t4-,5+/m1/s1. The summed E-state index contributed by atoms with van der Waals surface area (Å²) in [5.41, 5.74) is 0. The first-order valence-corrected chi connectivity index (χ1v) is 3.65. The van der Waals surface area contributed by atoms with Crippen LogP contribution >= 0.6 is 11.6 Å². The Kier molecular flexibility index (Phi) is 6.42. The van der Waals surface area contributed by atoms with Crippen LogP contribution in [0.25, 0.3) is 0 Å². The second-order valence-corrected chi connectivity index (χ2v) is 2.63. The van der Waals surface area contributed by atoms with Crippen LogP contribution in [0.1, 0.15) is 6.42 Å². The van der Waals surface area contributed by atoms with Crippen molar-refractivity contribution in [1.82, 2.24) is 0 Å². The summed E-state index contributed by atoms with van der Waals surface area (Å²) in [6.45, 7) is 0.235. The minimum absolute atomic E-state index is 0.110. The SMILES string of the molecule is B=BOC[C@H](Cl)C[C@H](F)C=N. The van der Waals surface area contributed by atoms with E-state index in [2.05, 4.69) is 7.37 Å². The molecule has 0 heterocycles. The van der Waals surface area contributed by atoms with Crippen LogP contribution in [-0.2, 0) is 4.65 Å². The molecule has 0 aromatic heterocycles. The van der Waals surface area contributed by atoms with Crippen molar-refractivity contribution in [3.05, 3.63) is 0 Å². The maximum absolute atomic E-state index is 12.4. The van der Waals surface area contributed by atoms with E-state index in [1.807, 2.05) is 0 Å². The molecule has 0 aliphatic carbocycles. The summed E-state index contributed by atoms with van der Waals surface area (Å²) < 4.78 is 17.1. The predicted molar refractivity (Wildman–Crippen MR) is 46.8 cm³/mol. The molecule has 0 unspecified atom stereocenters. The van der Waals surface area contributed by atoms with Crippen LogP contribution in [0.4, 0.5) is 4.39 Å². The van der Waals surface area contributed by atoms with Crippen molar-refractivity contribution in [1.29, 1.82) is 5.41 Å². The van der Waals surface area contributed by atoms with Crippen molar-refractivity contribution in [2.24, 2.45) is 0 Å². The van der Waals surface area contributed by atoms with Crippen molar-refractivity contribution in [3.63, 3.8) is 0 Å². The Balaban J connectivity index is 3.42. The van der Waals surface area contributed by atoms with Gasteiger partial charge in [0, 0.05) is 0 Å². The first-order valence-electron chi connectivity index (χ1n) is 3.22. The molecule has 0 amide bonds. The topological polar surface area (TPSA) is 33.1 Å². The Morgan fingerprint density at radius 1 is 1.82 bits per heavy atom. The zero-order valence-electron chi connectivity index (χ0n) is 6.09. The summed E-state index contributed by atoms with van der Waals surface area (Å²) >= 11 is 5.62. The number of hydrogen-bond acceptors (Lipinski definition) is 2. The van der Waals surface area contributed by atoms with Gasteiger partial charge in [0.2, 0.25) is 0 Å². The Bertz CT molecular complexity index is 138. The molecule has 6 heteroatoms. The maximum atomic E-state index is 12.4. The third kappa shape index (κ3) is 6.23. The van der Waals surface area contributed by atoms with Crippen molar-refractivity contribution in [2.45, 2.75) is 18.0 Å². The molecule has 60 valence electrons. The average molecular weight is 175 g/mol. The molecule has 0 bridgehead atoms. The molecule has 0 rings (SSSR count). The zero-order valence-corrected chi connectivity index (χ0v) is 6.85. The van der Waals surface area contributed by atoms with Crippen LogP contribution in [0.5, 0.6) is 0 Å². The molecule has 11 heavy (non-hydrogen) atoms. The van der Waals surface area contributed by atoms with Gasteiger partial charge in [-0.15, -0.1) is 0 Å². The predicted octanol–water partition coefficient (Wildman–Crippen LogP) is 0.423. The Morgan fingerprint density at radius 2 is 2.45 bits per heavy atom. The van der Waals surface area contributed by atoms with E-state index in [9.17, 15) is 4.39 Å². The van der Waals surface area contributed by atoms with Crippen LogP contribution in [0, 0.1) is 5.41 Å². The third-order valence-electron chi connectivity index (χ3n) is 1.06. The molecule has 0 fully saturated rings. The van der Waals surface area contributed by atoms with Gasteiger partial charge in [0.25, 0.3) is 0 Å². The van der Waals surface area contributed by atoms with E-state index in [0.29, 0.717) is 0 Å². The van der Waals surface area contributed by atoms with Crippen molar-refractivity contribution >= 4 is 32.2 Å². The molecule has 0 saturated heterocycles. The van der Waals surface area contributed by atoms with E-state index in [4.69, 9.17) is 21.7 Å². The molecular formula is C5H9B2ClFNO. The van der Waals surface area contributed by atoms with Gasteiger partial charge < -0.3 is 0 Å². The average Bonchev–Trinajstić information content (AvgIpc) is 2.00. The van der Waals surface area contributed by atoms with Gasteiger partial charge in [0.15, 0.2) is 0 Å². The fourth-order valence-electron chi connectivity index (χ4n) is 0.553. The molecule has 0 radical (unpaired) electrons. The second-order valence-electron chi connectivity index (χ2n) is 2.02. The fourth-order valence-corrected chi connectivity index (χ4v) is 0.796. The van der Waals surface area contributed by atoms with Crippen molar-refractivity contribution < 1.29 is 9.04 Å². The molecule has 0 aliphatic heterocycles.